The maximum atomic E-state index is 13.3. The largest absolute Gasteiger partial charge is 0.490 e. The first-order chi connectivity index (χ1) is 19.0. The first-order valence-corrected chi connectivity index (χ1v) is 13.4. The Morgan fingerprint density at radius 3 is 2.62 bits per heavy atom. The van der Waals surface area contributed by atoms with Crippen LogP contribution in [0.25, 0.3) is 5.65 Å². The van der Waals surface area contributed by atoms with Gasteiger partial charge in [-0.05, 0) is 57.1 Å². The van der Waals surface area contributed by atoms with Gasteiger partial charge in [0.25, 0.3) is 0 Å². The molecule has 1 spiro atoms. The average Bonchev–Trinajstić information content (AvgIpc) is 3.80. The number of aromatic nitrogens is 3. The van der Waals surface area contributed by atoms with Gasteiger partial charge in [-0.2, -0.15) is 13.2 Å². The highest BCUT2D eigenvalue weighted by Gasteiger charge is 2.46. The van der Waals surface area contributed by atoms with Crippen LogP contribution in [0.2, 0.25) is 0 Å². The Morgan fingerprint density at radius 2 is 1.95 bits per heavy atom. The number of pyridine rings is 2. The van der Waals surface area contributed by atoms with Crippen molar-refractivity contribution in [3.05, 3.63) is 47.5 Å². The van der Waals surface area contributed by atoms with Crippen LogP contribution in [0.3, 0.4) is 0 Å². The van der Waals surface area contributed by atoms with Crippen LogP contribution in [0, 0.1) is 6.92 Å². The van der Waals surface area contributed by atoms with Gasteiger partial charge in [0.2, 0.25) is 0 Å². The van der Waals surface area contributed by atoms with Crippen LogP contribution in [0.1, 0.15) is 48.4 Å². The number of piperazine rings is 1. The van der Waals surface area contributed by atoms with E-state index in [0.717, 1.165) is 48.9 Å². The number of carbonyl (C=O) groups is 2. The Bertz CT molecular complexity index is 1480. The topological polar surface area (TPSA) is 115 Å². The lowest BCUT2D eigenvalue weighted by Crippen LogP contribution is -2.52. The molecule has 0 aromatic carbocycles. The summed E-state index contributed by atoms with van der Waals surface area (Å²) in [5.74, 6) is -1.40. The average molecular weight is 558 g/mol. The van der Waals surface area contributed by atoms with E-state index >= 15 is 0 Å². The number of imidazole rings is 1. The molecule has 212 valence electrons. The molecule has 2 saturated carbocycles. The highest BCUT2D eigenvalue weighted by Crippen LogP contribution is 2.43. The van der Waals surface area contributed by atoms with Gasteiger partial charge in [-0.1, -0.05) is 0 Å². The quantitative estimate of drug-likeness (QED) is 0.445. The Morgan fingerprint density at radius 1 is 1.20 bits per heavy atom. The van der Waals surface area contributed by atoms with Crippen LogP contribution < -0.4 is 20.4 Å². The fourth-order valence-corrected chi connectivity index (χ4v) is 5.62. The number of carboxylic acid groups (broad SMARTS) is 1. The summed E-state index contributed by atoms with van der Waals surface area (Å²) in [7, 11) is 0. The number of carbonyl (C=O) groups excluding carboxylic acids is 1. The molecule has 2 amide bonds. The third-order valence-corrected chi connectivity index (χ3v) is 7.88. The van der Waals surface area contributed by atoms with Crippen molar-refractivity contribution >= 4 is 34.8 Å². The molecule has 40 heavy (non-hydrogen) atoms. The minimum absolute atomic E-state index is 0.115. The van der Waals surface area contributed by atoms with Gasteiger partial charge >= 0.3 is 18.2 Å². The van der Waals surface area contributed by atoms with Gasteiger partial charge in [0, 0.05) is 67.1 Å². The molecule has 2 aliphatic heterocycles. The number of fused-ring (bicyclic) bond motifs is 2. The van der Waals surface area contributed by atoms with Crippen LogP contribution in [0.4, 0.5) is 35.2 Å². The summed E-state index contributed by atoms with van der Waals surface area (Å²) in [6.07, 6.45) is 6.51. The monoisotopic (exact) mass is 557 g/mol. The number of carboxylic acids is 1. The normalized spacial score (nSPS) is 19.3. The van der Waals surface area contributed by atoms with Gasteiger partial charge in [-0.25, -0.2) is 19.6 Å². The summed E-state index contributed by atoms with van der Waals surface area (Å²) in [6.45, 7) is 5.73. The smallest absolute Gasteiger partial charge is 0.475 e. The van der Waals surface area contributed by atoms with Gasteiger partial charge in [0.15, 0.2) is 0 Å². The summed E-state index contributed by atoms with van der Waals surface area (Å²) in [5.41, 5.74) is 6.80. The molecule has 1 saturated heterocycles. The van der Waals surface area contributed by atoms with Crippen LogP contribution in [-0.4, -0.2) is 69.4 Å². The molecule has 0 radical (unpaired) electrons. The zero-order valence-corrected chi connectivity index (χ0v) is 22.0. The van der Waals surface area contributed by atoms with Crippen molar-refractivity contribution in [3.8, 4) is 0 Å². The van der Waals surface area contributed by atoms with E-state index in [1.807, 2.05) is 29.9 Å². The Hall–Kier alpha value is -3.87. The van der Waals surface area contributed by atoms with E-state index in [1.165, 1.54) is 42.5 Å². The zero-order valence-electron chi connectivity index (χ0n) is 22.0. The highest BCUT2D eigenvalue weighted by molar-refractivity contribution is 6.03. The predicted molar refractivity (Wildman–Crippen MR) is 142 cm³/mol. The third-order valence-electron chi connectivity index (χ3n) is 7.88. The first-order valence-electron chi connectivity index (χ1n) is 13.4. The Balaban J connectivity index is 0.000000370. The van der Waals surface area contributed by atoms with E-state index in [2.05, 4.69) is 32.7 Å². The van der Waals surface area contributed by atoms with E-state index < -0.39 is 12.1 Å². The number of hydrogen-bond donors (Lipinski definition) is 3. The van der Waals surface area contributed by atoms with Gasteiger partial charge in [0.05, 0.1) is 11.4 Å². The van der Waals surface area contributed by atoms with Crippen LogP contribution in [-0.2, 0) is 11.2 Å². The van der Waals surface area contributed by atoms with E-state index in [9.17, 15) is 18.0 Å². The Kier molecular flexibility index (Phi) is 6.36. The number of halogens is 3. The van der Waals surface area contributed by atoms with Gasteiger partial charge < -0.3 is 25.0 Å². The molecule has 0 atom stereocenters. The lowest BCUT2D eigenvalue weighted by Gasteiger charge is -2.36. The summed E-state index contributed by atoms with van der Waals surface area (Å²) < 4.78 is 33.8. The van der Waals surface area contributed by atoms with E-state index in [1.54, 1.807) is 4.90 Å². The number of rotatable bonds is 3. The lowest BCUT2D eigenvalue weighted by molar-refractivity contribution is -0.192. The molecule has 0 bridgehead atoms. The molecule has 13 heteroatoms. The van der Waals surface area contributed by atoms with Crippen LogP contribution in [0.15, 0.2) is 30.7 Å². The molecule has 5 heterocycles. The number of amides is 2. The standard InChI is InChI=1S/C25H29N7O.C2HF3O2/c1-16-13-31-14-18(12-20(17-2-3-17)23(31)28-16)29-24(33)32-10-5-19-21(4-8-26-22(19)32)30-11-9-27-25(15-30)6-7-25;3-2(4,5)1(6)7/h4,8,12-14,17,27H,2-3,5-7,9-11,15H2,1H3,(H,29,33);(H,6,7). The Labute approximate surface area is 228 Å². The van der Waals surface area contributed by atoms with Crippen molar-refractivity contribution in [2.75, 3.05) is 41.3 Å². The number of urea groups is 1. The maximum absolute atomic E-state index is 13.3. The van der Waals surface area contributed by atoms with Crippen LogP contribution in [0.5, 0.6) is 0 Å². The summed E-state index contributed by atoms with van der Waals surface area (Å²) in [6, 6.07) is 4.11. The molecular formula is C27H30F3N7O3. The number of aryl methyl sites for hydroxylation is 1. The molecule has 0 unspecified atom stereocenters. The van der Waals surface area contributed by atoms with Gasteiger partial charge in [-0.3, -0.25) is 4.90 Å². The summed E-state index contributed by atoms with van der Waals surface area (Å²) in [4.78, 5) is 35.8. The summed E-state index contributed by atoms with van der Waals surface area (Å²) in [5, 5.41) is 14.0. The van der Waals surface area contributed by atoms with E-state index in [-0.39, 0.29) is 6.03 Å². The second-order valence-corrected chi connectivity index (χ2v) is 11.0. The van der Waals surface area contributed by atoms with Gasteiger partial charge in [-0.15, -0.1) is 0 Å². The maximum Gasteiger partial charge on any atom is 0.490 e. The number of nitrogens with one attached hydrogen (secondary N) is 2. The molecule has 4 aliphatic rings. The first kappa shape index (κ1) is 26.4. The highest BCUT2D eigenvalue weighted by atomic mass is 19.4. The van der Waals surface area contributed by atoms with E-state index in [0.29, 0.717) is 18.0 Å². The number of hydrogen-bond acceptors (Lipinski definition) is 6. The fourth-order valence-electron chi connectivity index (χ4n) is 5.62. The fraction of sp³-hybridized carbons (Fsp3) is 0.481. The van der Waals surface area contributed by atoms with Crippen molar-refractivity contribution in [1.82, 2.24) is 19.7 Å². The SMILES string of the molecule is Cc1cn2cc(NC(=O)N3CCc4c(N5CCNC6(CC6)C5)ccnc43)cc(C3CC3)c2n1.O=C(O)C(F)(F)F. The molecule has 10 nitrogen and oxygen atoms in total. The minimum atomic E-state index is -5.08. The number of nitrogens with zero attached hydrogens (tertiary/aromatic N) is 5. The molecule has 3 aromatic rings. The number of anilines is 3. The number of alkyl halides is 3. The van der Waals surface area contributed by atoms with E-state index in [4.69, 9.17) is 14.9 Å². The molecule has 7 rings (SSSR count). The summed E-state index contributed by atoms with van der Waals surface area (Å²) >= 11 is 0. The number of aliphatic carboxylic acids is 1. The van der Waals surface area contributed by atoms with Crippen LogP contribution >= 0.6 is 0 Å². The van der Waals surface area contributed by atoms with Crippen molar-refractivity contribution in [1.29, 1.82) is 0 Å². The molecule has 3 fully saturated rings. The van der Waals surface area contributed by atoms with Gasteiger partial charge in [0.1, 0.15) is 11.5 Å². The zero-order chi connectivity index (χ0) is 28.2. The second kappa shape index (κ2) is 9.65. The minimum Gasteiger partial charge on any atom is -0.475 e. The second-order valence-electron chi connectivity index (χ2n) is 11.0. The molecular weight excluding hydrogens is 527 g/mol. The van der Waals surface area contributed by atoms with Crippen molar-refractivity contribution in [2.45, 2.75) is 56.7 Å². The third kappa shape index (κ3) is 5.17. The predicted octanol–water partition coefficient (Wildman–Crippen LogP) is 4.09. The van der Waals surface area contributed by atoms with Crippen molar-refractivity contribution < 1.29 is 27.9 Å². The molecule has 3 N–H and O–H groups in total. The van der Waals surface area contributed by atoms with Crippen molar-refractivity contribution in [2.24, 2.45) is 0 Å². The van der Waals surface area contributed by atoms with Crippen molar-refractivity contribution in [3.63, 3.8) is 0 Å². The molecule has 3 aromatic heterocycles. The lowest BCUT2D eigenvalue weighted by atomic mass is 10.1. The molecule has 2 aliphatic carbocycles.